The molecule has 0 aromatic carbocycles. The van der Waals surface area contributed by atoms with E-state index < -0.39 is 18.0 Å². The fraction of sp³-hybridized carbons (Fsp3) is 0.571. The molecule has 0 aromatic heterocycles. The van der Waals surface area contributed by atoms with Crippen molar-refractivity contribution >= 4 is 17.8 Å². The summed E-state index contributed by atoms with van der Waals surface area (Å²) in [6, 6.07) is -1.02. The smallest absolute Gasteiger partial charge is 0.324 e. The summed E-state index contributed by atoms with van der Waals surface area (Å²) in [5.41, 5.74) is 4.91. The van der Waals surface area contributed by atoms with Crippen LogP contribution in [0.1, 0.15) is 12.8 Å². The van der Waals surface area contributed by atoms with Crippen molar-refractivity contribution < 1.29 is 14.4 Å². The quantitative estimate of drug-likeness (QED) is 0.541. The molecule has 1 saturated heterocycles. The monoisotopic (exact) mass is 185 g/mol. The first-order valence-electron chi connectivity index (χ1n) is 3.88. The molecule has 0 saturated carbocycles. The number of hydrogen-bond donors (Lipinski definition) is 2. The lowest BCUT2D eigenvalue weighted by Crippen LogP contribution is -2.30. The van der Waals surface area contributed by atoms with Gasteiger partial charge in [-0.3, -0.25) is 14.5 Å². The van der Waals surface area contributed by atoms with Gasteiger partial charge >= 0.3 is 6.03 Å². The van der Waals surface area contributed by atoms with E-state index in [1.54, 1.807) is 0 Å². The van der Waals surface area contributed by atoms with E-state index in [-0.39, 0.29) is 18.7 Å². The number of amides is 4. The number of rotatable bonds is 3. The number of primary amides is 1. The van der Waals surface area contributed by atoms with E-state index >= 15 is 0 Å². The first kappa shape index (κ1) is 9.50. The average Bonchev–Trinajstić information content (AvgIpc) is 2.29. The second-order valence-electron chi connectivity index (χ2n) is 2.90. The SMILES string of the molecule is CN1C(=O)NC(CCC(N)=O)C1=O. The van der Waals surface area contributed by atoms with Gasteiger partial charge in [0.15, 0.2) is 0 Å². The van der Waals surface area contributed by atoms with Crippen LogP contribution in [0.3, 0.4) is 0 Å². The fourth-order valence-electron chi connectivity index (χ4n) is 1.12. The number of imide groups is 1. The van der Waals surface area contributed by atoms with Crippen LogP contribution in [0.25, 0.3) is 0 Å². The van der Waals surface area contributed by atoms with Crippen molar-refractivity contribution in [2.45, 2.75) is 18.9 Å². The van der Waals surface area contributed by atoms with Gasteiger partial charge in [0.05, 0.1) is 0 Å². The summed E-state index contributed by atoms with van der Waals surface area (Å²) in [5.74, 6) is -0.789. The Kier molecular flexibility index (Phi) is 2.50. The zero-order valence-corrected chi connectivity index (χ0v) is 7.24. The number of nitrogens with zero attached hydrogens (tertiary/aromatic N) is 1. The number of urea groups is 1. The van der Waals surface area contributed by atoms with Crippen LogP contribution in [0.5, 0.6) is 0 Å². The molecule has 4 amide bonds. The van der Waals surface area contributed by atoms with Crippen LogP contribution >= 0.6 is 0 Å². The number of carbonyl (C=O) groups excluding carboxylic acids is 3. The molecule has 1 aliphatic heterocycles. The maximum atomic E-state index is 11.2. The highest BCUT2D eigenvalue weighted by atomic mass is 16.2. The zero-order chi connectivity index (χ0) is 10.0. The predicted molar refractivity (Wildman–Crippen MR) is 43.5 cm³/mol. The van der Waals surface area contributed by atoms with Crippen molar-refractivity contribution in [1.29, 1.82) is 0 Å². The summed E-state index contributed by atoms with van der Waals surface area (Å²) in [5, 5.41) is 2.44. The van der Waals surface area contributed by atoms with Gasteiger partial charge in [0, 0.05) is 13.5 Å². The van der Waals surface area contributed by atoms with Crippen molar-refractivity contribution in [3.8, 4) is 0 Å². The second kappa shape index (κ2) is 3.42. The van der Waals surface area contributed by atoms with Gasteiger partial charge in [-0.2, -0.15) is 0 Å². The minimum Gasteiger partial charge on any atom is -0.370 e. The molecule has 1 aliphatic rings. The van der Waals surface area contributed by atoms with Crippen LogP contribution in [0.15, 0.2) is 0 Å². The lowest BCUT2D eigenvalue weighted by molar-refractivity contribution is -0.126. The molecule has 1 fully saturated rings. The van der Waals surface area contributed by atoms with Gasteiger partial charge in [0.2, 0.25) is 5.91 Å². The molecule has 1 rings (SSSR count). The molecule has 0 bridgehead atoms. The molecule has 13 heavy (non-hydrogen) atoms. The molecule has 1 heterocycles. The Hall–Kier alpha value is -1.59. The molecule has 6 nitrogen and oxygen atoms in total. The maximum absolute atomic E-state index is 11.2. The maximum Gasteiger partial charge on any atom is 0.324 e. The summed E-state index contributed by atoms with van der Waals surface area (Å²) >= 11 is 0. The number of nitrogens with two attached hydrogens (primary N) is 1. The van der Waals surface area contributed by atoms with Gasteiger partial charge in [0.25, 0.3) is 5.91 Å². The third-order valence-electron chi connectivity index (χ3n) is 1.91. The summed E-state index contributed by atoms with van der Waals surface area (Å²) in [7, 11) is 1.39. The third kappa shape index (κ3) is 1.95. The Balaban J connectivity index is 2.49. The van der Waals surface area contributed by atoms with Crippen molar-refractivity contribution in [2.75, 3.05) is 7.05 Å². The standard InChI is InChI=1S/C7H11N3O3/c1-10-6(12)4(9-7(10)13)2-3-5(8)11/h4H,2-3H2,1H3,(H2,8,11)(H,9,13). The molecule has 0 aliphatic carbocycles. The Morgan fingerprint density at radius 3 is 2.62 bits per heavy atom. The molecular weight excluding hydrogens is 174 g/mol. The van der Waals surface area contributed by atoms with Gasteiger partial charge in [-0.25, -0.2) is 4.79 Å². The molecule has 0 radical (unpaired) electrons. The normalized spacial score (nSPS) is 21.9. The van der Waals surface area contributed by atoms with Crippen LogP contribution in [0, 0.1) is 0 Å². The van der Waals surface area contributed by atoms with Crippen molar-refractivity contribution in [3.63, 3.8) is 0 Å². The Morgan fingerprint density at radius 1 is 1.62 bits per heavy atom. The summed E-state index contributed by atoms with van der Waals surface area (Å²) in [6.07, 6.45) is 0.370. The molecule has 0 aromatic rings. The van der Waals surface area contributed by atoms with Crippen molar-refractivity contribution in [3.05, 3.63) is 0 Å². The van der Waals surface area contributed by atoms with Crippen LogP contribution in [-0.4, -0.2) is 35.8 Å². The van der Waals surface area contributed by atoms with Gasteiger partial charge < -0.3 is 11.1 Å². The Bertz CT molecular complexity index is 264. The number of likely N-dealkylation sites (N-methyl/N-ethyl adjacent to an activating group) is 1. The number of carbonyl (C=O) groups is 3. The predicted octanol–water partition coefficient (Wildman–Crippen LogP) is -1.20. The number of nitrogens with one attached hydrogen (secondary N) is 1. The van der Waals surface area contributed by atoms with Gasteiger partial charge in [-0.05, 0) is 6.42 Å². The first-order valence-corrected chi connectivity index (χ1v) is 3.88. The van der Waals surface area contributed by atoms with Crippen LogP contribution in [-0.2, 0) is 9.59 Å². The molecule has 3 N–H and O–H groups in total. The van der Waals surface area contributed by atoms with E-state index in [1.807, 2.05) is 0 Å². The molecule has 6 heteroatoms. The van der Waals surface area contributed by atoms with E-state index in [2.05, 4.69) is 5.32 Å². The van der Waals surface area contributed by atoms with E-state index in [0.29, 0.717) is 0 Å². The molecule has 72 valence electrons. The van der Waals surface area contributed by atoms with E-state index in [1.165, 1.54) is 7.05 Å². The topological polar surface area (TPSA) is 92.5 Å². The van der Waals surface area contributed by atoms with Crippen molar-refractivity contribution in [1.82, 2.24) is 10.2 Å². The Morgan fingerprint density at radius 2 is 2.23 bits per heavy atom. The Labute approximate surface area is 75.1 Å². The number of hydrogen-bond acceptors (Lipinski definition) is 3. The fourth-order valence-corrected chi connectivity index (χ4v) is 1.12. The van der Waals surface area contributed by atoms with Crippen LogP contribution < -0.4 is 11.1 Å². The first-order chi connectivity index (χ1) is 6.02. The molecule has 0 spiro atoms. The molecule has 1 atom stereocenters. The van der Waals surface area contributed by atoms with Gasteiger partial charge in [-0.1, -0.05) is 0 Å². The average molecular weight is 185 g/mol. The van der Waals surface area contributed by atoms with Crippen LogP contribution in [0.2, 0.25) is 0 Å². The van der Waals surface area contributed by atoms with Crippen molar-refractivity contribution in [2.24, 2.45) is 5.73 Å². The largest absolute Gasteiger partial charge is 0.370 e. The zero-order valence-electron chi connectivity index (χ0n) is 7.24. The van der Waals surface area contributed by atoms with Crippen LogP contribution in [0.4, 0.5) is 4.79 Å². The van der Waals surface area contributed by atoms with E-state index in [4.69, 9.17) is 5.73 Å². The molecule has 1 unspecified atom stereocenters. The molecular formula is C7H11N3O3. The summed E-state index contributed by atoms with van der Waals surface area (Å²) in [4.78, 5) is 33.5. The summed E-state index contributed by atoms with van der Waals surface area (Å²) in [6.45, 7) is 0. The minimum atomic E-state index is -0.593. The lowest BCUT2D eigenvalue weighted by atomic mass is 10.1. The highest BCUT2D eigenvalue weighted by molar-refractivity contribution is 6.03. The second-order valence-corrected chi connectivity index (χ2v) is 2.90. The van der Waals surface area contributed by atoms with Gasteiger partial charge in [0.1, 0.15) is 6.04 Å². The third-order valence-corrected chi connectivity index (χ3v) is 1.91. The highest BCUT2D eigenvalue weighted by Gasteiger charge is 2.34. The minimum absolute atomic E-state index is 0.102. The highest BCUT2D eigenvalue weighted by Crippen LogP contribution is 2.08. The lowest BCUT2D eigenvalue weighted by Gasteiger charge is -2.05. The summed E-state index contributed by atoms with van der Waals surface area (Å²) < 4.78 is 0. The van der Waals surface area contributed by atoms with Gasteiger partial charge in [-0.15, -0.1) is 0 Å². The van der Waals surface area contributed by atoms with E-state index in [9.17, 15) is 14.4 Å². The van der Waals surface area contributed by atoms with E-state index in [0.717, 1.165) is 4.90 Å².